The summed E-state index contributed by atoms with van der Waals surface area (Å²) in [5.41, 5.74) is -0.486. The van der Waals surface area contributed by atoms with Gasteiger partial charge in [0.2, 0.25) is 0 Å². The number of ether oxygens (including phenoxy) is 1. The number of aliphatic hydroxyl groups excluding tert-OH is 1. The molecule has 0 bridgehead atoms. The van der Waals surface area contributed by atoms with E-state index in [1.807, 2.05) is 0 Å². The van der Waals surface area contributed by atoms with Crippen molar-refractivity contribution < 1.29 is 9.84 Å². The smallest absolute Gasteiger partial charge is 0.330 e. The van der Waals surface area contributed by atoms with E-state index < -0.39 is 23.6 Å². The molecule has 1 aromatic rings. The predicted molar refractivity (Wildman–Crippen MR) is 64.4 cm³/mol. The molecular weight excluding hydrogens is 292 g/mol. The highest BCUT2D eigenvalue weighted by atomic mass is 79.9. The molecule has 3 atom stereocenters. The first-order valence-corrected chi connectivity index (χ1v) is 6.36. The van der Waals surface area contributed by atoms with Crippen LogP contribution in [0.4, 0.5) is 0 Å². The minimum absolute atomic E-state index is 0.334. The zero-order valence-electron chi connectivity index (χ0n) is 9.22. The molecule has 2 heterocycles. The van der Waals surface area contributed by atoms with E-state index in [1.165, 1.54) is 10.8 Å². The largest absolute Gasteiger partial charge is 0.390 e. The van der Waals surface area contributed by atoms with Crippen LogP contribution >= 0.6 is 15.9 Å². The van der Waals surface area contributed by atoms with Gasteiger partial charge in [0.05, 0.1) is 12.2 Å². The number of aliphatic hydroxyl groups is 1. The van der Waals surface area contributed by atoms with Crippen molar-refractivity contribution in [3.05, 3.63) is 32.6 Å². The Morgan fingerprint density at radius 3 is 2.94 bits per heavy atom. The Labute approximate surface area is 105 Å². The fraction of sp³-hybridized carbons (Fsp3) is 0.600. The van der Waals surface area contributed by atoms with E-state index in [4.69, 9.17) is 4.74 Å². The first kappa shape index (κ1) is 12.5. The minimum Gasteiger partial charge on any atom is -0.390 e. The first-order chi connectivity index (χ1) is 8.02. The summed E-state index contributed by atoms with van der Waals surface area (Å²) in [5, 5.41) is 10.2. The van der Waals surface area contributed by atoms with Crippen molar-refractivity contribution in [2.45, 2.75) is 31.8 Å². The Hall–Kier alpha value is -0.920. The van der Waals surface area contributed by atoms with Crippen molar-refractivity contribution in [3.8, 4) is 0 Å². The quantitative estimate of drug-likeness (QED) is 0.747. The van der Waals surface area contributed by atoms with Gasteiger partial charge in [-0.05, 0) is 6.92 Å². The molecule has 1 aromatic heterocycles. The highest BCUT2D eigenvalue weighted by Gasteiger charge is 2.34. The number of hydrogen-bond donors (Lipinski definition) is 2. The number of H-pyrrole nitrogens is 1. The molecule has 1 aliphatic rings. The van der Waals surface area contributed by atoms with E-state index in [0.717, 1.165) is 0 Å². The van der Waals surface area contributed by atoms with Gasteiger partial charge in [-0.3, -0.25) is 14.3 Å². The van der Waals surface area contributed by atoms with Crippen LogP contribution in [0.5, 0.6) is 0 Å². The van der Waals surface area contributed by atoms with Crippen LogP contribution in [0.3, 0.4) is 0 Å². The standard InChI is InChI=1S/C10H13BrN2O4/c1-5-4-13(10(16)12-9(5)15)8-2-6(14)7(3-11)17-8/h4,6-8,14H,2-3H2,1H3,(H,12,15,16)/t6-,7-,8-/m1/s1. The van der Waals surface area contributed by atoms with E-state index in [9.17, 15) is 14.7 Å². The lowest BCUT2D eigenvalue weighted by Gasteiger charge is -2.14. The summed E-state index contributed by atoms with van der Waals surface area (Å²) in [6.07, 6.45) is 0.310. The van der Waals surface area contributed by atoms with Crippen LogP contribution in [0, 0.1) is 6.92 Å². The fourth-order valence-electron chi connectivity index (χ4n) is 1.82. The van der Waals surface area contributed by atoms with E-state index in [0.29, 0.717) is 17.3 Å². The summed E-state index contributed by atoms with van der Waals surface area (Å²) >= 11 is 3.23. The Bertz CT molecular complexity index is 524. The third kappa shape index (κ3) is 2.36. The molecule has 1 aliphatic heterocycles. The highest BCUT2D eigenvalue weighted by molar-refractivity contribution is 9.09. The lowest BCUT2D eigenvalue weighted by atomic mass is 10.2. The number of halogens is 1. The number of nitrogens with zero attached hydrogens (tertiary/aromatic N) is 1. The van der Waals surface area contributed by atoms with Gasteiger partial charge in [0, 0.05) is 23.5 Å². The summed E-state index contributed by atoms with van der Waals surface area (Å²) in [6.45, 7) is 1.61. The number of hydrogen-bond acceptors (Lipinski definition) is 4. The average molecular weight is 305 g/mol. The fourth-order valence-corrected chi connectivity index (χ4v) is 2.41. The molecule has 0 spiro atoms. The lowest BCUT2D eigenvalue weighted by Crippen LogP contribution is -2.33. The van der Waals surface area contributed by atoms with Crippen molar-refractivity contribution >= 4 is 15.9 Å². The van der Waals surface area contributed by atoms with Crippen molar-refractivity contribution in [2.24, 2.45) is 0 Å². The van der Waals surface area contributed by atoms with Gasteiger partial charge < -0.3 is 9.84 Å². The zero-order chi connectivity index (χ0) is 12.6. The number of nitrogens with one attached hydrogen (secondary N) is 1. The maximum atomic E-state index is 11.6. The summed E-state index contributed by atoms with van der Waals surface area (Å²) in [5.74, 6) is 0. The van der Waals surface area contributed by atoms with Crippen LogP contribution < -0.4 is 11.2 Å². The second kappa shape index (κ2) is 4.75. The topological polar surface area (TPSA) is 84.3 Å². The van der Waals surface area contributed by atoms with Gasteiger partial charge in [0.1, 0.15) is 6.23 Å². The van der Waals surface area contributed by atoms with Crippen molar-refractivity contribution in [1.29, 1.82) is 0 Å². The van der Waals surface area contributed by atoms with Crippen LogP contribution in [-0.4, -0.2) is 32.2 Å². The molecule has 2 rings (SSSR count). The van der Waals surface area contributed by atoms with Crippen molar-refractivity contribution in [2.75, 3.05) is 5.33 Å². The Kier molecular flexibility index (Phi) is 3.50. The Balaban J connectivity index is 2.34. The molecule has 1 saturated heterocycles. The third-order valence-corrected chi connectivity index (χ3v) is 3.45. The van der Waals surface area contributed by atoms with Crippen LogP contribution in [0.25, 0.3) is 0 Å². The number of alkyl halides is 1. The maximum absolute atomic E-state index is 11.6. The van der Waals surface area contributed by atoms with E-state index in [-0.39, 0.29) is 6.10 Å². The van der Waals surface area contributed by atoms with Gasteiger partial charge in [-0.2, -0.15) is 0 Å². The maximum Gasteiger partial charge on any atom is 0.330 e. The second-order valence-electron chi connectivity index (χ2n) is 4.07. The van der Waals surface area contributed by atoms with Gasteiger partial charge in [0.25, 0.3) is 5.56 Å². The molecule has 0 saturated carbocycles. The average Bonchev–Trinajstić information content (AvgIpc) is 2.65. The van der Waals surface area contributed by atoms with E-state index >= 15 is 0 Å². The molecule has 6 nitrogen and oxygen atoms in total. The van der Waals surface area contributed by atoms with Gasteiger partial charge in [0.15, 0.2) is 0 Å². The van der Waals surface area contributed by atoms with Crippen molar-refractivity contribution in [3.63, 3.8) is 0 Å². The molecular formula is C10H13BrN2O4. The van der Waals surface area contributed by atoms with E-state index in [2.05, 4.69) is 20.9 Å². The summed E-state index contributed by atoms with van der Waals surface area (Å²) in [6, 6.07) is 0. The van der Waals surface area contributed by atoms with Gasteiger partial charge in [-0.15, -0.1) is 0 Å². The molecule has 0 aliphatic carbocycles. The minimum atomic E-state index is -0.612. The number of aryl methyl sites for hydroxylation is 1. The molecule has 17 heavy (non-hydrogen) atoms. The molecule has 1 fully saturated rings. The van der Waals surface area contributed by atoms with Gasteiger partial charge >= 0.3 is 5.69 Å². The van der Waals surface area contributed by atoms with Crippen LogP contribution in [0.2, 0.25) is 0 Å². The molecule has 94 valence electrons. The van der Waals surface area contributed by atoms with E-state index in [1.54, 1.807) is 6.92 Å². The lowest BCUT2D eigenvalue weighted by molar-refractivity contribution is -0.00704. The molecule has 0 radical (unpaired) electrons. The van der Waals surface area contributed by atoms with Crippen LogP contribution in [0.1, 0.15) is 18.2 Å². The summed E-state index contributed by atoms with van der Waals surface area (Å²) < 4.78 is 6.84. The third-order valence-electron chi connectivity index (χ3n) is 2.81. The normalized spacial score (nSPS) is 28.5. The molecule has 0 amide bonds. The van der Waals surface area contributed by atoms with Crippen LogP contribution in [-0.2, 0) is 4.74 Å². The summed E-state index contributed by atoms with van der Waals surface area (Å²) in [7, 11) is 0. The molecule has 7 heteroatoms. The van der Waals surface area contributed by atoms with Gasteiger partial charge in [-0.1, -0.05) is 15.9 Å². The molecule has 0 unspecified atom stereocenters. The monoisotopic (exact) mass is 304 g/mol. The van der Waals surface area contributed by atoms with Crippen LogP contribution in [0.15, 0.2) is 15.8 Å². The number of rotatable bonds is 2. The Morgan fingerprint density at radius 2 is 2.35 bits per heavy atom. The predicted octanol–water partition coefficient (Wildman–Crippen LogP) is -0.112. The second-order valence-corrected chi connectivity index (χ2v) is 4.71. The molecule has 2 N–H and O–H groups in total. The van der Waals surface area contributed by atoms with Gasteiger partial charge in [-0.25, -0.2) is 4.79 Å². The summed E-state index contributed by atoms with van der Waals surface area (Å²) in [4.78, 5) is 25.1. The van der Waals surface area contributed by atoms with Crippen molar-refractivity contribution in [1.82, 2.24) is 9.55 Å². The molecule has 0 aromatic carbocycles. The number of aromatic nitrogens is 2. The number of aromatic amines is 1. The zero-order valence-corrected chi connectivity index (χ0v) is 10.8. The first-order valence-electron chi connectivity index (χ1n) is 5.24. The SMILES string of the molecule is Cc1cn([C@H]2C[C@@H](O)[C@@H](CBr)O2)c(=O)[nH]c1=O. The highest BCUT2D eigenvalue weighted by Crippen LogP contribution is 2.28. The Morgan fingerprint density at radius 1 is 1.65 bits per heavy atom.